The quantitative estimate of drug-likeness (QED) is 0.513. The van der Waals surface area contributed by atoms with Crippen LogP contribution in [0.4, 0.5) is 0 Å². The van der Waals surface area contributed by atoms with E-state index in [1.165, 1.54) is 26.0 Å². The van der Waals surface area contributed by atoms with Crippen molar-refractivity contribution in [2.75, 3.05) is 0 Å². The fourth-order valence-corrected chi connectivity index (χ4v) is 4.12. The summed E-state index contributed by atoms with van der Waals surface area (Å²) in [5.41, 5.74) is 1.68. The van der Waals surface area contributed by atoms with Gasteiger partial charge in [-0.05, 0) is 31.4 Å². The number of aliphatic hydroxyl groups excluding tert-OH is 1. The van der Waals surface area contributed by atoms with E-state index in [0.717, 1.165) is 0 Å². The molecule has 2 aliphatic carbocycles. The molecular weight excluding hydrogens is 400 g/mol. The number of hydrogen-bond donors (Lipinski definition) is 1. The van der Waals surface area contributed by atoms with Gasteiger partial charge in [-0.2, -0.15) is 0 Å². The molecule has 0 saturated heterocycles. The lowest BCUT2D eigenvalue weighted by Crippen LogP contribution is -2.26. The Kier molecular flexibility index (Phi) is 5.07. The Morgan fingerprint density at radius 2 is 1.42 bits per heavy atom. The molecule has 2 aliphatic rings. The topological polar surface area (TPSA) is 107 Å². The van der Waals surface area contributed by atoms with Crippen molar-refractivity contribution in [3.05, 3.63) is 63.2 Å². The fourth-order valence-electron chi connectivity index (χ4n) is 4.12. The molecule has 158 valence electrons. The van der Waals surface area contributed by atoms with Gasteiger partial charge in [0.2, 0.25) is 0 Å². The summed E-state index contributed by atoms with van der Waals surface area (Å²) in [5, 5.41) is 10.1. The number of ether oxygens (including phenoxy) is 2. The first-order valence-electron chi connectivity index (χ1n) is 9.87. The first-order valence-corrected chi connectivity index (χ1v) is 9.87. The van der Waals surface area contributed by atoms with Crippen molar-refractivity contribution in [1.29, 1.82) is 0 Å². The van der Waals surface area contributed by atoms with Crippen molar-refractivity contribution in [1.82, 2.24) is 0 Å². The number of ketones is 2. The van der Waals surface area contributed by atoms with Crippen LogP contribution >= 0.6 is 0 Å². The summed E-state index contributed by atoms with van der Waals surface area (Å²) in [5.74, 6) is -2.35. The minimum absolute atomic E-state index is 0.00199. The Bertz CT molecular complexity index is 1200. The van der Waals surface area contributed by atoms with Gasteiger partial charge in [-0.1, -0.05) is 24.3 Å². The van der Waals surface area contributed by atoms with E-state index < -0.39 is 29.6 Å². The highest BCUT2D eigenvalue weighted by Gasteiger charge is 2.40. The van der Waals surface area contributed by atoms with Gasteiger partial charge in [-0.3, -0.25) is 19.2 Å². The standard InChI is InChI=1S/C24H20O7/c1-11(25)14-8-9-17-18(10-14)24(31-13(3)27)20-19(23(17)30-12(2)26)21(28)15-6-4-5-7-16(15)22(20)29/h4-7,10-11,25H,8-9H2,1-3H3/t11-/m1/s1. The van der Waals surface area contributed by atoms with Gasteiger partial charge in [0.1, 0.15) is 5.75 Å². The number of aliphatic hydroxyl groups is 1. The van der Waals surface area contributed by atoms with Crippen LogP contribution < -0.4 is 9.47 Å². The second-order valence-electron chi connectivity index (χ2n) is 7.59. The molecule has 2 aromatic rings. The molecule has 0 saturated carbocycles. The maximum Gasteiger partial charge on any atom is 0.308 e. The summed E-state index contributed by atoms with van der Waals surface area (Å²) >= 11 is 0. The van der Waals surface area contributed by atoms with Gasteiger partial charge in [0.25, 0.3) is 0 Å². The lowest BCUT2D eigenvalue weighted by atomic mass is 9.78. The molecule has 7 heteroatoms. The first-order chi connectivity index (χ1) is 14.7. The van der Waals surface area contributed by atoms with Gasteiger partial charge >= 0.3 is 11.9 Å². The molecule has 0 fully saturated rings. The fraction of sp³-hybridized carbons (Fsp3) is 0.250. The van der Waals surface area contributed by atoms with Crippen LogP contribution in [0.15, 0.2) is 29.8 Å². The van der Waals surface area contributed by atoms with Gasteiger partial charge in [0.05, 0.1) is 17.2 Å². The molecule has 7 nitrogen and oxygen atoms in total. The van der Waals surface area contributed by atoms with Gasteiger partial charge in [-0.25, -0.2) is 0 Å². The predicted octanol–water partition coefficient (Wildman–Crippen LogP) is 3.02. The predicted molar refractivity (Wildman–Crippen MR) is 110 cm³/mol. The van der Waals surface area contributed by atoms with Crippen LogP contribution in [0, 0.1) is 0 Å². The number of carbonyl (C=O) groups excluding carboxylic acids is 4. The first kappa shape index (κ1) is 20.7. The highest BCUT2D eigenvalue weighted by molar-refractivity contribution is 6.31. The third-order valence-electron chi connectivity index (χ3n) is 5.44. The Balaban J connectivity index is 2.13. The van der Waals surface area contributed by atoms with E-state index >= 15 is 0 Å². The molecule has 4 rings (SSSR count). The lowest BCUT2D eigenvalue weighted by molar-refractivity contribution is -0.133. The Labute approximate surface area is 178 Å². The summed E-state index contributed by atoms with van der Waals surface area (Å²) in [7, 11) is 0. The monoisotopic (exact) mass is 420 g/mol. The van der Waals surface area contributed by atoms with Crippen LogP contribution in [0.2, 0.25) is 0 Å². The van der Waals surface area contributed by atoms with Crippen LogP contribution in [0.25, 0.3) is 6.08 Å². The second-order valence-corrected chi connectivity index (χ2v) is 7.59. The van der Waals surface area contributed by atoms with E-state index in [4.69, 9.17) is 9.47 Å². The third kappa shape index (κ3) is 3.37. The molecule has 0 radical (unpaired) electrons. The normalized spacial score (nSPS) is 15.3. The molecule has 1 N–H and O–H groups in total. The summed E-state index contributed by atoms with van der Waals surface area (Å²) in [6.07, 6.45) is 1.66. The molecule has 0 spiro atoms. The highest BCUT2D eigenvalue weighted by atomic mass is 16.5. The summed E-state index contributed by atoms with van der Waals surface area (Å²) < 4.78 is 10.9. The van der Waals surface area contributed by atoms with Crippen molar-refractivity contribution in [3.8, 4) is 11.5 Å². The molecule has 0 aliphatic heterocycles. The minimum atomic E-state index is -0.760. The van der Waals surface area contributed by atoms with Crippen LogP contribution in [-0.2, 0) is 16.0 Å². The number of fused-ring (bicyclic) bond motifs is 3. The molecule has 0 unspecified atom stereocenters. The molecule has 0 aromatic heterocycles. The van der Waals surface area contributed by atoms with E-state index in [0.29, 0.717) is 29.5 Å². The van der Waals surface area contributed by atoms with Gasteiger partial charge in [0.15, 0.2) is 17.3 Å². The highest BCUT2D eigenvalue weighted by Crippen LogP contribution is 2.47. The van der Waals surface area contributed by atoms with Crippen LogP contribution in [-0.4, -0.2) is 34.7 Å². The number of carbonyl (C=O) groups is 4. The minimum Gasteiger partial charge on any atom is -0.426 e. The molecule has 0 heterocycles. The van der Waals surface area contributed by atoms with Crippen molar-refractivity contribution >= 4 is 29.6 Å². The van der Waals surface area contributed by atoms with E-state index in [-0.39, 0.29) is 33.8 Å². The van der Waals surface area contributed by atoms with E-state index in [1.54, 1.807) is 25.1 Å². The van der Waals surface area contributed by atoms with Crippen molar-refractivity contribution in [2.24, 2.45) is 0 Å². The van der Waals surface area contributed by atoms with Gasteiger partial charge < -0.3 is 14.6 Å². The third-order valence-corrected chi connectivity index (χ3v) is 5.44. The SMILES string of the molecule is CC(=O)Oc1c2c(c(OC(C)=O)c3c1C(=O)c1ccccc1C3=O)CCC([C@@H](C)O)=C2. The zero-order chi connectivity index (χ0) is 22.4. The smallest absolute Gasteiger partial charge is 0.308 e. The molecule has 0 bridgehead atoms. The maximum atomic E-state index is 13.4. The van der Waals surface area contributed by atoms with Crippen LogP contribution in [0.5, 0.6) is 11.5 Å². The number of hydrogen-bond acceptors (Lipinski definition) is 7. The Hall–Kier alpha value is -3.58. The molecule has 0 amide bonds. The Morgan fingerprint density at radius 1 is 0.903 bits per heavy atom. The number of benzene rings is 2. The van der Waals surface area contributed by atoms with E-state index in [1.807, 2.05) is 0 Å². The molecule has 31 heavy (non-hydrogen) atoms. The second kappa shape index (κ2) is 7.59. The number of rotatable bonds is 3. The average Bonchev–Trinajstić information content (AvgIpc) is 2.72. The van der Waals surface area contributed by atoms with Crippen molar-refractivity contribution in [2.45, 2.75) is 39.7 Å². The van der Waals surface area contributed by atoms with E-state index in [9.17, 15) is 24.3 Å². The zero-order valence-electron chi connectivity index (χ0n) is 17.3. The Morgan fingerprint density at radius 3 is 1.94 bits per heavy atom. The zero-order valence-corrected chi connectivity index (χ0v) is 17.3. The molecule has 1 atom stereocenters. The van der Waals surface area contributed by atoms with Gasteiger partial charge in [-0.15, -0.1) is 0 Å². The van der Waals surface area contributed by atoms with E-state index in [2.05, 4.69) is 0 Å². The van der Waals surface area contributed by atoms with Crippen molar-refractivity contribution in [3.63, 3.8) is 0 Å². The summed E-state index contributed by atoms with van der Waals surface area (Å²) in [4.78, 5) is 50.7. The average molecular weight is 420 g/mol. The largest absolute Gasteiger partial charge is 0.426 e. The molecular formula is C24H20O7. The molecule has 2 aromatic carbocycles. The van der Waals surface area contributed by atoms with Crippen LogP contribution in [0.1, 0.15) is 70.2 Å². The summed E-state index contributed by atoms with van der Waals surface area (Å²) in [6.45, 7) is 4.02. The maximum absolute atomic E-state index is 13.4. The van der Waals surface area contributed by atoms with Gasteiger partial charge in [0, 0.05) is 36.1 Å². The number of esters is 2. The summed E-state index contributed by atoms with van der Waals surface area (Å²) in [6, 6.07) is 6.34. The lowest BCUT2D eigenvalue weighted by Gasteiger charge is -2.28. The van der Waals surface area contributed by atoms with Crippen molar-refractivity contribution < 1.29 is 33.8 Å². The van der Waals surface area contributed by atoms with Crippen LogP contribution in [0.3, 0.4) is 0 Å².